The van der Waals surface area contributed by atoms with Gasteiger partial charge >= 0.3 is 0 Å². The van der Waals surface area contributed by atoms with E-state index in [2.05, 4.69) is 44.9 Å². The number of carbonyl (C=O) groups is 1. The Morgan fingerprint density at radius 3 is 2.54 bits per heavy atom. The number of piperidine rings is 1. The highest BCUT2D eigenvalue weighted by Gasteiger charge is 2.23. The summed E-state index contributed by atoms with van der Waals surface area (Å²) in [7, 11) is 2.17. The average molecular weight is 612 g/mol. The van der Waals surface area contributed by atoms with Crippen LogP contribution in [0.4, 0.5) is 11.5 Å². The molecule has 2 saturated heterocycles. The third-order valence-electron chi connectivity index (χ3n) is 7.73. The Kier molecular flexibility index (Phi) is 8.69. The van der Waals surface area contributed by atoms with Crippen LogP contribution in [-0.4, -0.2) is 65.4 Å². The first-order valence-corrected chi connectivity index (χ1v) is 15.5. The van der Waals surface area contributed by atoms with Gasteiger partial charge in [0.2, 0.25) is 0 Å². The van der Waals surface area contributed by atoms with E-state index in [1.807, 2.05) is 30.3 Å². The van der Waals surface area contributed by atoms with Gasteiger partial charge in [-0.2, -0.15) is 5.10 Å². The molecule has 0 bridgehead atoms. The number of nitrogens with one attached hydrogen (secondary N) is 3. The fourth-order valence-corrected chi connectivity index (χ4v) is 6.99. The predicted octanol–water partition coefficient (Wildman–Crippen LogP) is 7.07. The van der Waals surface area contributed by atoms with Gasteiger partial charge in [-0.25, -0.2) is 4.98 Å². The Hall–Kier alpha value is -2.82. The van der Waals surface area contributed by atoms with Crippen LogP contribution in [0.5, 0.6) is 0 Å². The van der Waals surface area contributed by atoms with Crippen molar-refractivity contribution in [1.82, 2.24) is 20.1 Å². The highest BCUT2D eigenvalue weighted by Crippen LogP contribution is 2.34. The van der Waals surface area contributed by atoms with E-state index in [0.717, 1.165) is 73.1 Å². The van der Waals surface area contributed by atoms with Crippen LogP contribution in [0.2, 0.25) is 10.0 Å². The third-order valence-corrected chi connectivity index (χ3v) is 9.08. The number of H-pyrrole nitrogens is 1. The molecule has 0 saturated carbocycles. The van der Waals surface area contributed by atoms with Gasteiger partial charge in [-0.05, 0) is 99.8 Å². The topological polar surface area (TPSA) is 95.2 Å². The molecule has 0 unspecified atom stereocenters. The Morgan fingerprint density at radius 1 is 1.02 bits per heavy atom. The number of aromatic nitrogens is 3. The largest absolute Gasteiger partial charge is 0.381 e. The summed E-state index contributed by atoms with van der Waals surface area (Å²) < 4.78 is 5.56. The summed E-state index contributed by atoms with van der Waals surface area (Å²) in [4.78, 5) is 21.7. The molecule has 3 N–H and O–H groups in total. The molecule has 0 atom stereocenters. The summed E-state index contributed by atoms with van der Waals surface area (Å²) in [6, 6.07) is 15.6. The molecular weight excluding hydrogens is 579 g/mol. The average Bonchev–Trinajstić information content (AvgIpc) is 3.35. The van der Waals surface area contributed by atoms with Crippen molar-refractivity contribution in [3.63, 3.8) is 0 Å². The van der Waals surface area contributed by atoms with Gasteiger partial charge in [0.05, 0.1) is 11.1 Å². The Bertz CT molecular complexity index is 1530. The first kappa shape index (κ1) is 28.3. The van der Waals surface area contributed by atoms with E-state index >= 15 is 0 Å². The van der Waals surface area contributed by atoms with Crippen molar-refractivity contribution in [2.45, 2.75) is 47.6 Å². The quantitative estimate of drug-likeness (QED) is 0.206. The second-order valence-corrected chi connectivity index (χ2v) is 12.7. The predicted molar refractivity (Wildman–Crippen MR) is 166 cm³/mol. The summed E-state index contributed by atoms with van der Waals surface area (Å²) in [5.41, 5.74) is 4.03. The minimum absolute atomic E-state index is 0.232. The Labute approximate surface area is 253 Å². The van der Waals surface area contributed by atoms with Crippen molar-refractivity contribution < 1.29 is 9.53 Å². The number of aromatic amines is 1. The van der Waals surface area contributed by atoms with E-state index in [-0.39, 0.29) is 11.9 Å². The maximum atomic E-state index is 13.7. The maximum Gasteiger partial charge on any atom is 0.259 e. The molecule has 4 aromatic rings. The number of anilines is 2. The van der Waals surface area contributed by atoms with E-state index in [0.29, 0.717) is 32.9 Å². The molecule has 0 aliphatic carbocycles. The summed E-state index contributed by atoms with van der Waals surface area (Å²) >= 11 is 13.8. The van der Waals surface area contributed by atoms with Crippen LogP contribution in [0, 0.1) is 0 Å². The van der Waals surface area contributed by atoms with Crippen LogP contribution < -0.4 is 10.6 Å². The third kappa shape index (κ3) is 6.81. The second-order valence-electron chi connectivity index (χ2n) is 10.7. The molecule has 0 spiro atoms. The molecule has 6 rings (SSSR count). The van der Waals surface area contributed by atoms with Crippen molar-refractivity contribution in [2.24, 2.45) is 0 Å². The fourth-order valence-electron chi connectivity index (χ4n) is 5.45. The number of hydrogen-bond donors (Lipinski definition) is 3. The summed E-state index contributed by atoms with van der Waals surface area (Å²) in [5.74, 6) is 0.640. The van der Waals surface area contributed by atoms with Gasteiger partial charge in [0.15, 0.2) is 5.82 Å². The highest BCUT2D eigenvalue weighted by molar-refractivity contribution is 7.99. The number of likely N-dealkylation sites (tertiary alicyclic amines) is 1. The first-order valence-electron chi connectivity index (χ1n) is 13.9. The lowest BCUT2D eigenvalue weighted by molar-refractivity contribution is 0.0904. The first-order chi connectivity index (χ1) is 19.9. The number of hydrogen-bond acceptors (Lipinski definition) is 7. The minimum Gasteiger partial charge on any atom is -0.381 e. The van der Waals surface area contributed by atoms with Gasteiger partial charge in [-0.15, -0.1) is 0 Å². The number of amides is 1. The molecule has 8 nitrogen and oxygen atoms in total. The molecule has 2 aromatic carbocycles. The second kappa shape index (κ2) is 12.6. The van der Waals surface area contributed by atoms with E-state index in [1.165, 1.54) is 17.3 Å². The molecule has 4 heterocycles. The molecule has 2 fully saturated rings. The lowest BCUT2D eigenvalue weighted by Gasteiger charge is -2.30. The summed E-state index contributed by atoms with van der Waals surface area (Å²) in [6.45, 7) is 3.61. The summed E-state index contributed by atoms with van der Waals surface area (Å²) in [6.07, 6.45) is 4.05. The van der Waals surface area contributed by atoms with Crippen LogP contribution in [0.25, 0.3) is 11.0 Å². The zero-order chi connectivity index (χ0) is 28.3. The van der Waals surface area contributed by atoms with Gasteiger partial charge in [0.25, 0.3) is 5.91 Å². The van der Waals surface area contributed by atoms with Gasteiger partial charge in [-0.1, -0.05) is 41.0 Å². The number of halogens is 2. The van der Waals surface area contributed by atoms with Gasteiger partial charge in [-0.3, -0.25) is 9.89 Å². The number of fused-ring (bicyclic) bond motifs is 1. The lowest BCUT2D eigenvalue weighted by Crippen LogP contribution is -2.30. The van der Waals surface area contributed by atoms with E-state index in [4.69, 9.17) is 32.9 Å². The number of rotatable bonds is 7. The van der Waals surface area contributed by atoms with Crippen LogP contribution in [0.15, 0.2) is 58.5 Å². The lowest BCUT2D eigenvalue weighted by atomic mass is 9.88. The van der Waals surface area contributed by atoms with Crippen LogP contribution in [-0.2, 0) is 4.74 Å². The number of carbonyl (C=O) groups excluding carboxylic acids is 1. The Balaban J connectivity index is 1.25. The molecule has 214 valence electrons. The SMILES string of the molecule is CN1CCC(c2ccc(C(=O)Nc3n[nH]c4ccc(Sc5cc(Cl)cc(Cl)c5)nc34)c(NC3CCOCC3)c2)CC1. The van der Waals surface area contributed by atoms with Crippen LogP contribution in [0.3, 0.4) is 0 Å². The molecule has 2 aliphatic rings. The van der Waals surface area contributed by atoms with Crippen molar-refractivity contribution in [1.29, 1.82) is 0 Å². The Morgan fingerprint density at radius 2 is 1.78 bits per heavy atom. The zero-order valence-electron chi connectivity index (χ0n) is 22.8. The van der Waals surface area contributed by atoms with Crippen molar-refractivity contribution >= 4 is 63.4 Å². The normalized spacial score (nSPS) is 17.1. The number of benzene rings is 2. The zero-order valence-corrected chi connectivity index (χ0v) is 25.1. The number of ether oxygens (including phenoxy) is 1. The minimum atomic E-state index is -0.232. The summed E-state index contributed by atoms with van der Waals surface area (Å²) in [5, 5.41) is 15.9. The maximum absolute atomic E-state index is 13.7. The highest BCUT2D eigenvalue weighted by atomic mass is 35.5. The van der Waals surface area contributed by atoms with Crippen molar-refractivity contribution in [2.75, 3.05) is 44.0 Å². The van der Waals surface area contributed by atoms with E-state index < -0.39 is 0 Å². The fraction of sp³-hybridized carbons (Fsp3) is 0.367. The van der Waals surface area contributed by atoms with E-state index in [9.17, 15) is 4.79 Å². The molecule has 41 heavy (non-hydrogen) atoms. The number of nitrogens with zero attached hydrogens (tertiary/aromatic N) is 3. The van der Waals surface area contributed by atoms with E-state index in [1.54, 1.807) is 6.07 Å². The molecule has 0 radical (unpaired) electrons. The molecular formula is C30H32Cl2N6O2S. The van der Waals surface area contributed by atoms with Crippen molar-refractivity contribution in [3.8, 4) is 0 Å². The smallest absolute Gasteiger partial charge is 0.259 e. The van der Waals surface area contributed by atoms with Crippen LogP contribution >= 0.6 is 35.0 Å². The standard InChI is InChI=1S/C30H32Cl2N6O2S/c1-38-10-6-18(7-11-38)19-2-3-24(26(14-19)33-22-8-12-40-13-9-22)30(39)35-29-28-25(36-37-29)4-5-27(34-28)41-23-16-20(31)15-21(32)17-23/h2-5,14-18,22,33H,6-13H2,1H3,(H2,35,36,37,39). The number of pyridine rings is 1. The molecule has 2 aromatic heterocycles. The monoisotopic (exact) mass is 610 g/mol. The van der Waals surface area contributed by atoms with Gasteiger partial charge < -0.3 is 20.3 Å². The molecule has 2 aliphatic heterocycles. The molecule has 1 amide bonds. The van der Waals surface area contributed by atoms with Crippen molar-refractivity contribution in [3.05, 3.63) is 69.7 Å². The molecule has 11 heteroatoms. The van der Waals surface area contributed by atoms with Gasteiger partial charge in [0, 0.05) is 39.9 Å². The van der Waals surface area contributed by atoms with Crippen LogP contribution in [0.1, 0.15) is 47.5 Å². The van der Waals surface area contributed by atoms with Gasteiger partial charge in [0.1, 0.15) is 10.5 Å².